The van der Waals surface area contributed by atoms with Gasteiger partial charge in [-0.3, -0.25) is 14.5 Å². The number of amides is 2. The van der Waals surface area contributed by atoms with E-state index < -0.39 is 23.1 Å². The Labute approximate surface area is 179 Å². The summed E-state index contributed by atoms with van der Waals surface area (Å²) in [5, 5.41) is 2.47. The molecule has 30 heavy (non-hydrogen) atoms. The van der Waals surface area contributed by atoms with Crippen molar-refractivity contribution in [1.82, 2.24) is 10.2 Å². The molecule has 2 amide bonds. The largest absolute Gasteiger partial charge is 0.454 e. The van der Waals surface area contributed by atoms with E-state index >= 15 is 0 Å². The number of ether oxygens (including phenoxy) is 2. The monoisotopic (exact) mass is 448 g/mol. The molecule has 154 valence electrons. The molecule has 1 saturated heterocycles. The molecule has 2 heterocycles. The van der Waals surface area contributed by atoms with Gasteiger partial charge < -0.3 is 14.8 Å². The number of thiocarbonyl (C=S) groups is 1. The summed E-state index contributed by atoms with van der Waals surface area (Å²) in [5.41, 5.74) is 0.359. The highest BCUT2D eigenvalue weighted by atomic mass is 32.2. The van der Waals surface area contributed by atoms with Crippen molar-refractivity contribution in [3.8, 4) is 11.5 Å². The van der Waals surface area contributed by atoms with Gasteiger partial charge in [-0.1, -0.05) is 30.0 Å². The molecule has 0 radical (unpaired) electrons. The summed E-state index contributed by atoms with van der Waals surface area (Å²) in [6, 6.07) is 7.96. The summed E-state index contributed by atoms with van der Waals surface area (Å²) in [4.78, 5) is 26.5. The molecule has 2 aliphatic rings. The van der Waals surface area contributed by atoms with Gasteiger partial charge in [0.2, 0.25) is 6.79 Å². The van der Waals surface area contributed by atoms with E-state index in [2.05, 4.69) is 5.32 Å². The van der Waals surface area contributed by atoms with E-state index in [1.54, 1.807) is 24.3 Å². The van der Waals surface area contributed by atoms with Crippen LogP contribution in [0.1, 0.15) is 15.9 Å². The third-order valence-corrected chi connectivity index (χ3v) is 5.74. The summed E-state index contributed by atoms with van der Waals surface area (Å²) in [6.07, 6.45) is 1.70. The average molecular weight is 448 g/mol. The quantitative estimate of drug-likeness (QED) is 0.559. The zero-order valence-corrected chi connectivity index (χ0v) is 16.9. The molecule has 10 heteroatoms. The van der Waals surface area contributed by atoms with E-state index in [9.17, 15) is 18.4 Å². The van der Waals surface area contributed by atoms with Crippen LogP contribution < -0.4 is 14.8 Å². The first-order valence-electron chi connectivity index (χ1n) is 8.80. The fraction of sp³-hybridized carbons (Fsp3) is 0.150. The fourth-order valence-corrected chi connectivity index (χ4v) is 4.20. The predicted molar refractivity (Wildman–Crippen MR) is 111 cm³/mol. The lowest BCUT2D eigenvalue weighted by atomic mass is 10.2. The summed E-state index contributed by atoms with van der Waals surface area (Å²) in [7, 11) is 0. The SMILES string of the molecule is O=C(NCCN1C(=O)/C(=C/c2ccc3c(c2)OCO3)SC1=S)c1cc(F)ccc1F. The van der Waals surface area contributed by atoms with Crippen LogP contribution in [0.2, 0.25) is 0 Å². The highest BCUT2D eigenvalue weighted by Crippen LogP contribution is 2.36. The minimum atomic E-state index is -0.828. The van der Waals surface area contributed by atoms with E-state index in [4.69, 9.17) is 21.7 Å². The minimum absolute atomic E-state index is 0.0263. The number of carbonyl (C=O) groups is 2. The highest BCUT2D eigenvalue weighted by molar-refractivity contribution is 8.26. The molecule has 1 fully saturated rings. The van der Waals surface area contributed by atoms with Crippen molar-refractivity contribution in [2.45, 2.75) is 0 Å². The summed E-state index contributed by atoms with van der Waals surface area (Å²) in [5.74, 6) is -1.36. The third kappa shape index (κ3) is 4.14. The molecule has 2 aromatic carbocycles. The Bertz CT molecular complexity index is 1090. The van der Waals surface area contributed by atoms with Crippen molar-refractivity contribution < 1.29 is 27.8 Å². The van der Waals surface area contributed by atoms with Crippen molar-refractivity contribution >= 4 is 46.2 Å². The van der Waals surface area contributed by atoms with Crippen LogP contribution in [0.5, 0.6) is 11.5 Å². The molecule has 0 unspecified atom stereocenters. The second kappa shape index (κ2) is 8.41. The van der Waals surface area contributed by atoms with Crippen molar-refractivity contribution in [3.05, 3.63) is 64.1 Å². The first-order valence-corrected chi connectivity index (χ1v) is 10.0. The van der Waals surface area contributed by atoms with Crippen LogP contribution >= 0.6 is 24.0 Å². The maximum atomic E-state index is 13.7. The molecule has 0 spiro atoms. The number of thioether (sulfide) groups is 1. The van der Waals surface area contributed by atoms with Crippen LogP contribution in [-0.4, -0.2) is 40.9 Å². The predicted octanol–water partition coefficient (Wildman–Crippen LogP) is 3.32. The van der Waals surface area contributed by atoms with Crippen LogP contribution in [0, 0.1) is 11.6 Å². The number of fused-ring (bicyclic) bond motifs is 1. The number of hydrogen-bond acceptors (Lipinski definition) is 6. The van der Waals surface area contributed by atoms with Gasteiger partial charge in [0.15, 0.2) is 11.5 Å². The fourth-order valence-electron chi connectivity index (χ4n) is 2.90. The van der Waals surface area contributed by atoms with Crippen LogP contribution in [-0.2, 0) is 4.79 Å². The highest BCUT2D eigenvalue weighted by Gasteiger charge is 2.32. The van der Waals surface area contributed by atoms with E-state index in [1.165, 1.54) is 4.90 Å². The van der Waals surface area contributed by atoms with Crippen LogP contribution in [0.25, 0.3) is 6.08 Å². The van der Waals surface area contributed by atoms with Crippen molar-refractivity contribution in [3.63, 3.8) is 0 Å². The van der Waals surface area contributed by atoms with Gasteiger partial charge in [-0.25, -0.2) is 8.78 Å². The number of halogens is 2. The zero-order valence-electron chi connectivity index (χ0n) is 15.3. The van der Waals surface area contributed by atoms with Crippen molar-refractivity contribution in [1.29, 1.82) is 0 Å². The molecular weight excluding hydrogens is 434 g/mol. The van der Waals surface area contributed by atoms with Gasteiger partial charge in [-0.2, -0.15) is 0 Å². The van der Waals surface area contributed by atoms with Crippen LogP contribution in [0.3, 0.4) is 0 Å². The van der Waals surface area contributed by atoms with Gasteiger partial charge in [0, 0.05) is 13.1 Å². The van der Waals surface area contributed by atoms with Gasteiger partial charge in [0.05, 0.1) is 10.5 Å². The lowest BCUT2D eigenvalue weighted by Gasteiger charge is -2.15. The Morgan fingerprint density at radius 1 is 1.20 bits per heavy atom. The topological polar surface area (TPSA) is 67.9 Å². The molecule has 0 aromatic heterocycles. The average Bonchev–Trinajstić information content (AvgIpc) is 3.29. The van der Waals surface area contributed by atoms with Crippen LogP contribution in [0.4, 0.5) is 8.78 Å². The van der Waals surface area contributed by atoms with Crippen LogP contribution in [0.15, 0.2) is 41.3 Å². The van der Waals surface area contributed by atoms with E-state index in [0.717, 1.165) is 35.5 Å². The Hall–Kier alpha value is -2.98. The summed E-state index contributed by atoms with van der Waals surface area (Å²) < 4.78 is 37.8. The number of rotatable bonds is 5. The number of nitrogens with zero attached hydrogens (tertiary/aromatic N) is 1. The van der Waals surface area contributed by atoms with Gasteiger partial charge in [-0.15, -0.1) is 0 Å². The first-order chi connectivity index (χ1) is 14.4. The molecule has 4 rings (SSSR count). The van der Waals surface area contributed by atoms with Gasteiger partial charge >= 0.3 is 0 Å². The second-order valence-electron chi connectivity index (χ2n) is 6.33. The lowest BCUT2D eigenvalue weighted by Crippen LogP contribution is -2.37. The maximum Gasteiger partial charge on any atom is 0.266 e. The summed E-state index contributed by atoms with van der Waals surface area (Å²) >= 11 is 6.40. The summed E-state index contributed by atoms with van der Waals surface area (Å²) in [6.45, 7) is 0.288. The molecule has 2 aromatic rings. The number of nitrogens with one attached hydrogen (secondary N) is 1. The number of benzene rings is 2. The Morgan fingerprint density at radius 2 is 2.00 bits per heavy atom. The number of hydrogen-bond donors (Lipinski definition) is 1. The van der Waals surface area contributed by atoms with Crippen molar-refractivity contribution in [2.24, 2.45) is 0 Å². The second-order valence-corrected chi connectivity index (χ2v) is 8.00. The van der Waals surface area contributed by atoms with E-state index in [0.29, 0.717) is 20.7 Å². The first kappa shape index (κ1) is 20.3. The smallest absolute Gasteiger partial charge is 0.266 e. The molecular formula is C20H14F2N2O4S2. The lowest BCUT2D eigenvalue weighted by molar-refractivity contribution is -0.122. The van der Waals surface area contributed by atoms with Gasteiger partial charge in [0.25, 0.3) is 11.8 Å². The zero-order chi connectivity index (χ0) is 21.3. The molecule has 0 bridgehead atoms. The molecule has 0 atom stereocenters. The van der Waals surface area contributed by atoms with E-state index in [-0.39, 0.29) is 25.8 Å². The molecule has 6 nitrogen and oxygen atoms in total. The Balaban J connectivity index is 1.38. The Morgan fingerprint density at radius 3 is 2.83 bits per heavy atom. The number of carbonyl (C=O) groups excluding carboxylic acids is 2. The van der Waals surface area contributed by atoms with Crippen molar-refractivity contribution in [2.75, 3.05) is 19.9 Å². The Kier molecular flexibility index (Phi) is 5.69. The standard InChI is InChI=1S/C20H14F2N2O4S2/c21-12-2-3-14(22)13(9-12)18(25)23-5-6-24-19(26)17(30-20(24)29)8-11-1-4-15-16(7-11)28-10-27-15/h1-4,7-9H,5-6,10H2,(H,23,25)/b17-8-. The normalized spacial score (nSPS) is 16.5. The van der Waals surface area contributed by atoms with Gasteiger partial charge in [0.1, 0.15) is 16.0 Å². The molecule has 0 saturated carbocycles. The third-order valence-electron chi connectivity index (χ3n) is 4.36. The van der Waals surface area contributed by atoms with Gasteiger partial charge in [-0.05, 0) is 42.0 Å². The molecule has 2 aliphatic heterocycles. The minimum Gasteiger partial charge on any atom is -0.454 e. The molecule has 0 aliphatic carbocycles. The molecule has 1 N–H and O–H groups in total. The maximum absolute atomic E-state index is 13.7. The van der Waals surface area contributed by atoms with E-state index in [1.807, 2.05) is 0 Å².